The van der Waals surface area contributed by atoms with Crippen LogP contribution in [0.25, 0.3) is 0 Å². The maximum Gasteiger partial charge on any atom is 0.222 e. The number of amides is 1. The van der Waals surface area contributed by atoms with Gasteiger partial charge in [0.2, 0.25) is 5.91 Å². The predicted molar refractivity (Wildman–Crippen MR) is 55.9 cm³/mol. The third kappa shape index (κ3) is 3.29. The minimum absolute atomic E-state index is 0.191. The first kappa shape index (κ1) is 11.5. The lowest BCUT2D eigenvalue weighted by Crippen LogP contribution is -2.33. The van der Waals surface area contributed by atoms with Crippen molar-refractivity contribution in [1.29, 1.82) is 0 Å². The van der Waals surface area contributed by atoms with Crippen LogP contribution in [0.15, 0.2) is 0 Å². The number of carbonyl (C=O) groups excluding carboxylic acids is 1. The number of aliphatic hydroxyl groups is 1. The summed E-state index contributed by atoms with van der Waals surface area (Å²) in [7, 11) is 0. The highest BCUT2D eigenvalue weighted by Gasteiger charge is 2.33. The molecule has 0 bridgehead atoms. The van der Waals surface area contributed by atoms with Crippen LogP contribution in [0, 0.1) is 5.92 Å². The lowest BCUT2D eigenvalue weighted by atomic mass is 10.1. The molecule has 0 aromatic carbocycles. The molecule has 1 N–H and O–H groups in total. The zero-order chi connectivity index (χ0) is 10.8. The van der Waals surface area contributed by atoms with E-state index in [9.17, 15) is 9.90 Å². The van der Waals surface area contributed by atoms with E-state index in [0.717, 1.165) is 6.42 Å². The third-order valence-corrected chi connectivity index (χ3v) is 2.74. The molecule has 1 fully saturated rings. The van der Waals surface area contributed by atoms with Crippen molar-refractivity contribution in [2.45, 2.75) is 45.6 Å². The first-order valence-electron chi connectivity index (χ1n) is 5.41. The van der Waals surface area contributed by atoms with Crippen LogP contribution in [-0.2, 0) is 4.79 Å². The fourth-order valence-electron chi connectivity index (χ4n) is 1.73. The van der Waals surface area contributed by atoms with E-state index in [4.69, 9.17) is 0 Å². The van der Waals surface area contributed by atoms with E-state index in [0.29, 0.717) is 31.8 Å². The molecule has 0 aromatic rings. The lowest BCUT2D eigenvalue weighted by Gasteiger charge is -2.19. The summed E-state index contributed by atoms with van der Waals surface area (Å²) in [5, 5.41) is 9.70. The molecule has 0 spiro atoms. The molecule has 0 radical (unpaired) electrons. The molecular weight excluding hydrogens is 178 g/mol. The van der Waals surface area contributed by atoms with Gasteiger partial charge in [0, 0.05) is 19.5 Å². The van der Waals surface area contributed by atoms with Gasteiger partial charge in [-0.15, -0.1) is 0 Å². The van der Waals surface area contributed by atoms with E-state index < -0.39 is 5.60 Å². The first-order valence-corrected chi connectivity index (χ1v) is 5.41. The van der Waals surface area contributed by atoms with Gasteiger partial charge < -0.3 is 10.0 Å². The quantitative estimate of drug-likeness (QED) is 0.746. The van der Waals surface area contributed by atoms with Gasteiger partial charge >= 0.3 is 0 Å². The Morgan fingerprint density at radius 1 is 1.57 bits per heavy atom. The first-order chi connectivity index (χ1) is 6.41. The van der Waals surface area contributed by atoms with E-state index in [-0.39, 0.29) is 5.91 Å². The van der Waals surface area contributed by atoms with Crippen LogP contribution in [0.5, 0.6) is 0 Å². The minimum atomic E-state index is -0.659. The monoisotopic (exact) mass is 199 g/mol. The topological polar surface area (TPSA) is 40.5 Å². The van der Waals surface area contributed by atoms with Crippen molar-refractivity contribution >= 4 is 5.91 Å². The molecule has 0 aliphatic carbocycles. The van der Waals surface area contributed by atoms with Crippen LogP contribution in [0.3, 0.4) is 0 Å². The molecule has 1 aliphatic rings. The summed E-state index contributed by atoms with van der Waals surface area (Å²) in [5.41, 5.74) is -0.659. The van der Waals surface area contributed by atoms with Crippen molar-refractivity contribution < 1.29 is 9.90 Å². The summed E-state index contributed by atoms with van der Waals surface area (Å²) in [4.78, 5) is 13.4. The largest absolute Gasteiger partial charge is 0.388 e. The summed E-state index contributed by atoms with van der Waals surface area (Å²) in [6.07, 6.45) is 2.27. The lowest BCUT2D eigenvalue weighted by molar-refractivity contribution is -0.131. The highest BCUT2D eigenvalue weighted by atomic mass is 16.3. The number of likely N-dealkylation sites (tertiary alicyclic amines) is 1. The number of carbonyl (C=O) groups is 1. The molecule has 82 valence electrons. The zero-order valence-corrected chi connectivity index (χ0v) is 9.42. The second kappa shape index (κ2) is 4.30. The Balaban J connectivity index is 2.33. The number of nitrogens with zero attached hydrogens (tertiary/aromatic N) is 1. The van der Waals surface area contributed by atoms with Crippen LogP contribution in [0.4, 0.5) is 0 Å². The Morgan fingerprint density at radius 3 is 2.64 bits per heavy atom. The molecular formula is C11H21NO2. The molecule has 0 aromatic heterocycles. The van der Waals surface area contributed by atoms with E-state index in [1.54, 1.807) is 11.8 Å². The van der Waals surface area contributed by atoms with Gasteiger partial charge in [0.05, 0.1) is 5.60 Å². The standard InChI is InChI=1S/C11H21NO2/c1-9(2)4-5-10(13)12-7-6-11(3,14)8-12/h9,14H,4-8H2,1-3H3. The van der Waals surface area contributed by atoms with E-state index >= 15 is 0 Å². The maximum absolute atomic E-state index is 11.7. The van der Waals surface area contributed by atoms with Crippen LogP contribution in [0.2, 0.25) is 0 Å². The highest BCUT2D eigenvalue weighted by Crippen LogP contribution is 2.21. The number of β-amino-alcohol motifs (C(OH)–C–C–N with tert-alkyl or cyclic N) is 1. The maximum atomic E-state index is 11.7. The molecule has 1 unspecified atom stereocenters. The van der Waals surface area contributed by atoms with Crippen molar-refractivity contribution in [3.8, 4) is 0 Å². The molecule has 1 amide bonds. The molecule has 0 saturated carbocycles. The van der Waals surface area contributed by atoms with Gasteiger partial charge in [-0.05, 0) is 25.7 Å². The summed E-state index contributed by atoms with van der Waals surface area (Å²) in [5.74, 6) is 0.763. The van der Waals surface area contributed by atoms with E-state index in [1.807, 2.05) is 0 Å². The van der Waals surface area contributed by atoms with Crippen molar-refractivity contribution in [2.75, 3.05) is 13.1 Å². The Morgan fingerprint density at radius 2 is 2.21 bits per heavy atom. The van der Waals surface area contributed by atoms with E-state index in [1.165, 1.54) is 0 Å². The Hall–Kier alpha value is -0.570. The second-order valence-electron chi connectivity index (χ2n) is 4.99. The number of rotatable bonds is 3. The normalized spacial score (nSPS) is 27.4. The van der Waals surface area contributed by atoms with Gasteiger partial charge in [0.1, 0.15) is 0 Å². The summed E-state index contributed by atoms with van der Waals surface area (Å²) >= 11 is 0. The Bertz CT molecular complexity index is 211. The van der Waals surface area contributed by atoms with Gasteiger partial charge in [-0.1, -0.05) is 13.8 Å². The molecule has 1 rings (SSSR count). The molecule has 1 atom stereocenters. The van der Waals surface area contributed by atoms with Crippen molar-refractivity contribution in [1.82, 2.24) is 4.90 Å². The van der Waals surface area contributed by atoms with Crippen molar-refractivity contribution in [3.05, 3.63) is 0 Å². The molecule has 14 heavy (non-hydrogen) atoms. The van der Waals surface area contributed by atoms with Gasteiger partial charge in [-0.2, -0.15) is 0 Å². The van der Waals surface area contributed by atoms with Crippen molar-refractivity contribution in [2.24, 2.45) is 5.92 Å². The third-order valence-electron chi connectivity index (χ3n) is 2.74. The van der Waals surface area contributed by atoms with Crippen molar-refractivity contribution in [3.63, 3.8) is 0 Å². The molecule has 3 nitrogen and oxygen atoms in total. The summed E-state index contributed by atoms with van der Waals surface area (Å²) in [6.45, 7) is 7.25. The minimum Gasteiger partial charge on any atom is -0.388 e. The van der Waals surface area contributed by atoms with E-state index in [2.05, 4.69) is 13.8 Å². The zero-order valence-electron chi connectivity index (χ0n) is 9.42. The van der Waals surface area contributed by atoms with Gasteiger partial charge in [0.25, 0.3) is 0 Å². The predicted octanol–water partition coefficient (Wildman–Crippen LogP) is 1.41. The Labute approximate surface area is 86.1 Å². The molecule has 3 heteroatoms. The van der Waals surface area contributed by atoms with Crippen LogP contribution in [-0.4, -0.2) is 34.6 Å². The molecule has 1 saturated heterocycles. The van der Waals surface area contributed by atoms with Gasteiger partial charge in [-0.25, -0.2) is 0 Å². The average molecular weight is 199 g/mol. The summed E-state index contributed by atoms with van der Waals surface area (Å²) < 4.78 is 0. The smallest absolute Gasteiger partial charge is 0.222 e. The van der Waals surface area contributed by atoms with Crippen LogP contribution < -0.4 is 0 Å². The summed E-state index contributed by atoms with van der Waals surface area (Å²) in [6, 6.07) is 0. The van der Waals surface area contributed by atoms with Crippen LogP contribution in [0.1, 0.15) is 40.0 Å². The number of hydrogen-bond donors (Lipinski definition) is 1. The average Bonchev–Trinajstić information content (AvgIpc) is 2.41. The highest BCUT2D eigenvalue weighted by molar-refractivity contribution is 5.76. The SMILES string of the molecule is CC(C)CCC(=O)N1CCC(C)(O)C1. The van der Waals surface area contributed by atoms with Crippen LogP contribution >= 0.6 is 0 Å². The van der Waals surface area contributed by atoms with Gasteiger partial charge in [-0.3, -0.25) is 4.79 Å². The number of hydrogen-bond acceptors (Lipinski definition) is 2. The second-order valence-corrected chi connectivity index (χ2v) is 4.99. The fourth-order valence-corrected chi connectivity index (χ4v) is 1.73. The fraction of sp³-hybridized carbons (Fsp3) is 0.909. The van der Waals surface area contributed by atoms with Gasteiger partial charge in [0.15, 0.2) is 0 Å². The molecule has 1 aliphatic heterocycles. The molecule has 1 heterocycles. The Kier molecular flexibility index (Phi) is 3.53.